The van der Waals surface area contributed by atoms with Gasteiger partial charge in [-0.15, -0.1) is 0 Å². The van der Waals surface area contributed by atoms with Crippen molar-refractivity contribution in [3.63, 3.8) is 0 Å². The van der Waals surface area contributed by atoms with Gasteiger partial charge in [0.05, 0.1) is 5.56 Å². The van der Waals surface area contributed by atoms with Crippen molar-refractivity contribution in [2.75, 3.05) is 6.54 Å². The third kappa shape index (κ3) is 3.70. The van der Waals surface area contributed by atoms with Gasteiger partial charge in [0, 0.05) is 19.0 Å². The van der Waals surface area contributed by atoms with Crippen LogP contribution in [0.4, 0.5) is 8.78 Å². The molecule has 0 saturated carbocycles. The highest BCUT2D eigenvalue weighted by atomic mass is 19.2. The molecule has 0 bridgehead atoms. The van der Waals surface area contributed by atoms with E-state index in [4.69, 9.17) is 0 Å². The van der Waals surface area contributed by atoms with Crippen LogP contribution in [0.5, 0.6) is 5.75 Å². The molecule has 9 heteroatoms. The number of rotatable bonds is 4. The minimum atomic E-state index is -1.24. The van der Waals surface area contributed by atoms with E-state index >= 15 is 0 Å². The number of piperazine rings is 1. The van der Waals surface area contributed by atoms with E-state index in [2.05, 4.69) is 10.6 Å². The third-order valence-corrected chi connectivity index (χ3v) is 5.41. The lowest BCUT2D eigenvalue weighted by Gasteiger charge is -2.34. The number of amides is 3. The second-order valence-corrected chi connectivity index (χ2v) is 7.45. The number of carbonyl (C=O) groups is 3. The first-order valence-electron chi connectivity index (χ1n) is 9.47. The lowest BCUT2D eigenvalue weighted by atomic mass is 10.0. The van der Waals surface area contributed by atoms with E-state index < -0.39 is 41.2 Å². The van der Waals surface area contributed by atoms with Crippen LogP contribution in [0.25, 0.3) is 0 Å². The maximum absolute atomic E-state index is 13.8. The van der Waals surface area contributed by atoms with Crippen LogP contribution in [-0.2, 0) is 16.0 Å². The van der Waals surface area contributed by atoms with Gasteiger partial charge in [0.15, 0.2) is 11.6 Å². The predicted molar refractivity (Wildman–Crippen MR) is 101 cm³/mol. The summed E-state index contributed by atoms with van der Waals surface area (Å²) in [4.78, 5) is 39.1. The highest BCUT2D eigenvalue weighted by Gasteiger charge is 2.46. The van der Waals surface area contributed by atoms with Crippen molar-refractivity contribution >= 4 is 17.7 Å². The van der Waals surface area contributed by atoms with Crippen molar-refractivity contribution in [2.45, 2.75) is 31.0 Å². The van der Waals surface area contributed by atoms with Gasteiger partial charge in [0.2, 0.25) is 11.8 Å². The lowest BCUT2D eigenvalue weighted by molar-refractivity contribution is -0.147. The van der Waals surface area contributed by atoms with Crippen LogP contribution in [0.1, 0.15) is 22.3 Å². The summed E-state index contributed by atoms with van der Waals surface area (Å²) < 4.78 is 27.2. The number of hydrogen-bond acceptors (Lipinski definition) is 4. The maximum atomic E-state index is 13.8. The van der Waals surface area contributed by atoms with Crippen molar-refractivity contribution in [1.82, 2.24) is 15.5 Å². The summed E-state index contributed by atoms with van der Waals surface area (Å²) in [7, 11) is 0. The largest absolute Gasteiger partial charge is 0.508 e. The monoisotopic (exact) mass is 415 g/mol. The Labute approximate surface area is 170 Å². The van der Waals surface area contributed by atoms with Crippen LogP contribution in [0.3, 0.4) is 0 Å². The van der Waals surface area contributed by atoms with E-state index in [0.29, 0.717) is 0 Å². The van der Waals surface area contributed by atoms with E-state index in [0.717, 1.165) is 11.6 Å². The number of aromatic hydroxyl groups is 1. The molecule has 0 aliphatic carbocycles. The summed E-state index contributed by atoms with van der Waals surface area (Å²) in [5.74, 6) is -3.67. The molecule has 2 aliphatic heterocycles. The van der Waals surface area contributed by atoms with E-state index in [-0.39, 0.29) is 37.0 Å². The number of benzene rings is 2. The molecular formula is C21H19F2N3O4. The van der Waals surface area contributed by atoms with Crippen molar-refractivity contribution in [3.05, 3.63) is 65.2 Å². The molecule has 2 aliphatic rings. The average molecular weight is 415 g/mol. The molecule has 30 heavy (non-hydrogen) atoms. The molecule has 2 aromatic carbocycles. The molecule has 0 spiro atoms. The molecular weight excluding hydrogens is 396 g/mol. The highest BCUT2D eigenvalue weighted by molar-refractivity contribution is 5.98. The van der Waals surface area contributed by atoms with Gasteiger partial charge in [0.25, 0.3) is 5.91 Å². The molecule has 2 fully saturated rings. The van der Waals surface area contributed by atoms with Gasteiger partial charge in [-0.05, 0) is 36.2 Å². The Kier molecular flexibility index (Phi) is 5.11. The number of nitrogens with zero attached hydrogens (tertiary/aromatic N) is 1. The van der Waals surface area contributed by atoms with Gasteiger partial charge in [-0.25, -0.2) is 8.78 Å². The first-order valence-corrected chi connectivity index (χ1v) is 9.47. The van der Waals surface area contributed by atoms with Crippen LogP contribution in [0.15, 0.2) is 42.5 Å². The summed E-state index contributed by atoms with van der Waals surface area (Å²) in [5.41, 5.74) is 0.344. The second-order valence-electron chi connectivity index (χ2n) is 7.45. The van der Waals surface area contributed by atoms with Crippen LogP contribution in [0, 0.1) is 11.6 Å². The number of nitrogens with one attached hydrogen (secondary N) is 2. The third-order valence-electron chi connectivity index (χ3n) is 5.41. The van der Waals surface area contributed by atoms with Gasteiger partial charge in [-0.2, -0.15) is 0 Å². The Balaban J connectivity index is 1.44. The van der Waals surface area contributed by atoms with Gasteiger partial charge in [-0.3, -0.25) is 14.4 Å². The molecule has 2 aromatic rings. The molecule has 3 atom stereocenters. The van der Waals surface area contributed by atoms with E-state index in [9.17, 15) is 28.3 Å². The van der Waals surface area contributed by atoms with E-state index in [1.54, 1.807) is 12.1 Å². The Hall–Kier alpha value is -3.49. The number of halogens is 2. The summed E-state index contributed by atoms with van der Waals surface area (Å²) in [6.45, 7) is 0.103. The second kappa shape index (κ2) is 7.74. The maximum Gasteiger partial charge on any atom is 0.254 e. The minimum absolute atomic E-state index is 0.102. The normalized spacial score (nSPS) is 23.1. The molecule has 0 aromatic heterocycles. The quantitative estimate of drug-likeness (QED) is 0.697. The molecule has 2 heterocycles. The zero-order valence-electron chi connectivity index (χ0n) is 15.8. The lowest BCUT2D eigenvalue weighted by Crippen LogP contribution is -2.61. The van der Waals surface area contributed by atoms with Crippen molar-refractivity contribution in [3.8, 4) is 5.75 Å². The number of carbonyl (C=O) groups excluding carboxylic acids is 3. The molecule has 7 nitrogen and oxygen atoms in total. The van der Waals surface area contributed by atoms with Crippen LogP contribution in [0.2, 0.25) is 0 Å². The van der Waals surface area contributed by atoms with Gasteiger partial charge in [0.1, 0.15) is 17.8 Å². The molecule has 3 amide bonds. The first-order chi connectivity index (χ1) is 14.3. The predicted octanol–water partition coefficient (Wildman–Crippen LogP) is 1.11. The number of fused-ring (bicyclic) bond motifs is 1. The summed E-state index contributed by atoms with van der Waals surface area (Å²) in [6, 6.07) is 7.61. The Bertz CT molecular complexity index is 1010. The van der Waals surface area contributed by atoms with Crippen LogP contribution >= 0.6 is 0 Å². The van der Waals surface area contributed by atoms with Crippen LogP contribution < -0.4 is 10.6 Å². The van der Waals surface area contributed by atoms with Crippen molar-refractivity contribution in [1.29, 1.82) is 0 Å². The Morgan fingerprint density at radius 1 is 1.17 bits per heavy atom. The van der Waals surface area contributed by atoms with Gasteiger partial charge < -0.3 is 20.6 Å². The number of phenolic OH excluding ortho intramolecular Hbond substituents is 1. The fourth-order valence-corrected chi connectivity index (χ4v) is 3.91. The smallest absolute Gasteiger partial charge is 0.254 e. The number of hydrogen-bond donors (Lipinski definition) is 3. The fraction of sp³-hybridized carbons (Fsp3) is 0.286. The Morgan fingerprint density at radius 2 is 1.90 bits per heavy atom. The van der Waals surface area contributed by atoms with Gasteiger partial charge >= 0.3 is 0 Å². The minimum Gasteiger partial charge on any atom is -0.508 e. The van der Waals surface area contributed by atoms with Crippen molar-refractivity contribution in [2.24, 2.45) is 0 Å². The zero-order valence-corrected chi connectivity index (χ0v) is 15.8. The molecule has 0 radical (unpaired) electrons. The van der Waals surface area contributed by atoms with E-state index in [1.165, 1.54) is 29.2 Å². The number of phenols is 1. The van der Waals surface area contributed by atoms with Crippen molar-refractivity contribution < 1.29 is 28.3 Å². The van der Waals surface area contributed by atoms with Crippen LogP contribution in [-0.4, -0.2) is 52.4 Å². The molecule has 156 valence electrons. The summed E-state index contributed by atoms with van der Waals surface area (Å²) >= 11 is 0. The molecule has 4 rings (SSSR count). The van der Waals surface area contributed by atoms with Gasteiger partial charge in [-0.1, -0.05) is 18.2 Å². The fourth-order valence-electron chi connectivity index (χ4n) is 3.91. The SMILES string of the molecule is O=C(N[C@H]1C[C@H]2C(=O)N[C@H](Cc3ccc(O)cc3)C(=O)N2C1)c1cccc(F)c1F. The summed E-state index contributed by atoms with van der Waals surface area (Å²) in [5, 5.41) is 14.7. The molecule has 0 unspecified atom stereocenters. The highest BCUT2D eigenvalue weighted by Crippen LogP contribution is 2.25. The first kappa shape index (κ1) is 19.8. The molecule has 3 N–H and O–H groups in total. The summed E-state index contributed by atoms with van der Waals surface area (Å²) in [6.07, 6.45) is 0.450. The standard InChI is InChI=1S/C21H19F2N3O4/c22-15-3-1-2-14(18(15)23)19(28)24-12-9-17-20(29)25-16(21(30)26(17)10-12)8-11-4-6-13(27)7-5-11/h1-7,12,16-17,27H,8-10H2,(H,24,28)(H,25,29)/t12-,16+,17-/m0/s1. The zero-order chi connectivity index (χ0) is 21.4. The Morgan fingerprint density at radius 3 is 2.63 bits per heavy atom. The molecule has 2 saturated heterocycles. The topological polar surface area (TPSA) is 98.7 Å². The average Bonchev–Trinajstić information content (AvgIpc) is 3.14. The van der Waals surface area contributed by atoms with E-state index in [1.807, 2.05) is 0 Å².